The lowest BCUT2D eigenvalue weighted by Gasteiger charge is -2.10. The van der Waals surface area contributed by atoms with Crippen molar-refractivity contribution in [2.45, 2.75) is 17.7 Å². The van der Waals surface area contributed by atoms with Gasteiger partial charge in [-0.3, -0.25) is 4.98 Å². The van der Waals surface area contributed by atoms with E-state index in [1.54, 1.807) is 19.3 Å². The zero-order valence-corrected chi connectivity index (χ0v) is 11.5. The van der Waals surface area contributed by atoms with E-state index >= 15 is 0 Å². The highest BCUT2D eigenvalue weighted by Gasteiger charge is 2.10. The fourth-order valence-corrected chi connectivity index (χ4v) is 2.55. The number of nitriles is 1. The maximum Gasteiger partial charge on any atom is 0.114 e. The summed E-state index contributed by atoms with van der Waals surface area (Å²) in [5.41, 5.74) is 1.54. The monoisotopic (exact) mass is 284 g/mol. The van der Waals surface area contributed by atoms with Crippen LogP contribution < -0.4 is 5.11 Å². The molecule has 2 aromatic rings. The van der Waals surface area contributed by atoms with Gasteiger partial charge in [0.15, 0.2) is 0 Å². The van der Waals surface area contributed by atoms with Gasteiger partial charge in [0.25, 0.3) is 0 Å². The Hall–Kier alpha value is -2.39. The molecule has 0 N–H and O–H groups in total. The van der Waals surface area contributed by atoms with E-state index < -0.39 is 5.97 Å². The minimum Gasteiger partial charge on any atom is -0.545 e. The fourth-order valence-electron chi connectivity index (χ4n) is 1.62. The summed E-state index contributed by atoms with van der Waals surface area (Å²) in [4.78, 5) is 19.1. The van der Waals surface area contributed by atoms with E-state index in [2.05, 4.69) is 9.97 Å². The van der Waals surface area contributed by atoms with Crippen molar-refractivity contribution < 1.29 is 9.90 Å². The van der Waals surface area contributed by atoms with Crippen molar-refractivity contribution in [1.29, 1.82) is 5.26 Å². The third kappa shape index (κ3) is 3.13. The van der Waals surface area contributed by atoms with E-state index in [0.717, 1.165) is 5.56 Å². The first-order valence-electron chi connectivity index (χ1n) is 5.76. The molecule has 0 atom stereocenters. The number of hydrogen-bond acceptors (Lipinski definition) is 6. The van der Waals surface area contributed by atoms with Crippen molar-refractivity contribution in [3.63, 3.8) is 0 Å². The van der Waals surface area contributed by atoms with Crippen LogP contribution in [-0.2, 0) is 5.75 Å². The highest BCUT2D eigenvalue weighted by Crippen LogP contribution is 2.25. The van der Waals surface area contributed by atoms with E-state index in [1.165, 1.54) is 17.8 Å². The third-order valence-corrected chi connectivity index (χ3v) is 3.68. The third-order valence-electron chi connectivity index (χ3n) is 2.62. The van der Waals surface area contributed by atoms with Gasteiger partial charge in [-0.25, -0.2) is 4.98 Å². The van der Waals surface area contributed by atoms with Crippen molar-refractivity contribution in [1.82, 2.24) is 9.97 Å². The summed E-state index contributed by atoms with van der Waals surface area (Å²) in [5.74, 6) is -0.713. The van der Waals surface area contributed by atoms with Crippen LogP contribution in [0.15, 0.2) is 35.6 Å². The van der Waals surface area contributed by atoms with Crippen molar-refractivity contribution in [2.24, 2.45) is 0 Å². The van der Waals surface area contributed by atoms with Crippen LogP contribution in [0.25, 0.3) is 0 Å². The second kappa shape index (κ2) is 6.17. The first-order valence-corrected chi connectivity index (χ1v) is 6.75. The Kier molecular flexibility index (Phi) is 4.33. The van der Waals surface area contributed by atoms with Crippen LogP contribution in [0.3, 0.4) is 0 Å². The highest BCUT2D eigenvalue weighted by molar-refractivity contribution is 7.98. The summed E-state index contributed by atoms with van der Waals surface area (Å²) in [7, 11) is 0. The minimum atomic E-state index is -1.32. The van der Waals surface area contributed by atoms with Crippen molar-refractivity contribution >= 4 is 17.7 Å². The van der Waals surface area contributed by atoms with Crippen molar-refractivity contribution in [3.8, 4) is 6.07 Å². The molecule has 0 amide bonds. The molecule has 20 heavy (non-hydrogen) atoms. The van der Waals surface area contributed by atoms with Gasteiger partial charge in [-0.1, -0.05) is 6.07 Å². The van der Waals surface area contributed by atoms with Gasteiger partial charge in [0.2, 0.25) is 0 Å². The van der Waals surface area contributed by atoms with Gasteiger partial charge < -0.3 is 9.90 Å². The highest BCUT2D eigenvalue weighted by atomic mass is 32.2. The molecule has 2 rings (SSSR count). The summed E-state index contributed by atoms with van der Waals surface area (Å²) >= 11 is 1.37. The van der Waals surface area contributed by atoms with Gasteiger partial charge >= 0.3 is 0 Å². The van der Waals surface area contributed by atoms with Crippen molar-refractivity contribution in [2.75, 3.05) is 0 Å². The first kappa shape index (κ1) is 14.0. The van der Waals surface area contributed by atoms with Crippen LogP contribution in [0.5, 0.6) is 0 Å². The summed E-state index contributed by atoms with van der Waals surface area (Å²) in [6.45, 7) is 1.58. The van der Waals surface area contributed by atoms with Crippen LogP contribution in [0, 0.1) is 18.3 Å². The Labute approximate surface area is 120 Å². The molecule has 0 saturated heterocycles. The number of carbonyl (C=O) groups excluding carboxylic acids is 1. The molecule has 0 aliphatic rings. The van der Waals surface area contributed by atoms with Gasteiger partial charge in [0.05, 0.1) is 11.5 Å². The molecule has 0 bridgehead atoms. The largest absolute Gasteiger partial charge is 0.545 e. The van der Waals surface area contributed by atoms with Gasteiger partial charge in [0.1, 0.15) is 11.1 Å². The number of carboxylic acid groups (broad SMARTS) is 1. The smallest absolute Gasteiger partial charge is 0.114 e. The SMILES string of the molecule is Cc1nc(SCc2cccnc2)c(C#N)cc1C(=O)[O-]. The van der Waals surface area contributed by atoms with Gasteiger partial charge in [0, 0.05) is 29.4 Å². The summed E-state index contributed by atoms with van der Waals surface area (Å²) in [6.07, 6.45) is 3.42. The molecular weight excluding hydrogens is 274 g/mol. The number of nitrogens with zero attached hydrogens (tertiary/aromatic N) is 3. The topological polar surface area (TPSA) is 89.7 Å². The van der Waals surface area contributed by atoms with E-state index in [-0.39, 0.29) is 11.1 Å². The number of aromatic carboxylic acids is 1. The lowest BCUT2D eigenvalue weighted by atomic mass is 10.1. The summed E-state index contributed by atoms with van der Waals surface area (Å²) in [6, 6.07) is 7.03. The van der Waals surface area contributed by atoms with Gasteiger partial charge in [-0.2, -0.15) is 5.26 Å². The van der Waals surface area contributed by atoms with Crippen LogP contribution in [-0.4, -0.2) is 15.9 Å². The lowest BCUT2D eigenvalue weighted by Crippen LogP contribution is -2.24. The molecule has 6 heteroatoms. The molecular formula is C14H10N3O2S-. The number of carbonyl (C=O) groups is 1. The van der Waals surface area contributed by atoms with Crippen LogP contribution in [0.4, 0.5) is 0 Å². The molecule has 0 fully saturated rings. The zero-order valence-electron chi connectivity index (χ0n) is 10.7. The predicted octanol–water partition coefficient (Wildman–Crippen LogP) is 1.31. The van der Waals surface area contributed by atoms with Gasteiger partial charge in [-0.15, -0.1) is 11.8 Å². The molecule has 100 valence electrons. The summed E-state index contributed by atoms with van der Waals surface area (Å²) in [5, 5.41) is 20.5. The Bertz CT molecular complexity index is 681. The fraction of sp³-hybridized carbons (Fsp3) is 0.143. The molecule has 0 spiro atoms. The number of aryl methyl sites for hydroxylation is 1. The Morgan fingerprint density at radius 1 is 1.55 bits per heavy atom. The maximum absolute atomic E-state index is 10.9. The lowest BCUT2D eigenvalue weighted by molar-refractivity contribution is -0.255. The predicted molar refractivity (Wildman–Crippen MR) is 71.8 cm³/mol. The van der Waals surface area contributed by atoms with Gasteiger partial charge in [-0.05, 0) is 24.6 Å². The molecule has 0 aliphatic heterocycles. The number of aromatic nitrogens is 2. The maximum atomic E-state index is 10.9. The van der Waals surface area contributed by atoms with E-state index in [0.29, 0.717) is 16.5 Å². The number of carboxylic acids is 1. The van der Waals surface area contributed by atoms with Crippen LogP contribution in [0.2, 0.25) is 0 Å². The molecule has 0 radical (unpaired) electrons. The van der Waals surface area contributed by atoms with Crippen LogP contribution in [0.1, 0.15) is 27.2 Å². The molecule has 2 heterocycles. The normalized spacial score (nSPS) is 10.0. The summed E-state index contributed by atoms with van der Waals surface area (Å²) < 4.78 is 0. The Morgan fingerprint density at radius 3 is 2.95 bits per heavy atom. The zero-order chi connectivity index (χ0) is 14.5. The first-order chi connectivity index (χ1) is 9.61. The molecule has 0 aliphatic carbocycles. The average molecular weight is 284 g/mol. The number of rotatable bonds is 4. The molecule has 2 aromatic heterocycles. The van der Waals surface area contributed by atoms with E-state index in [9.17, 15) is 9.90 Å². The number of pyridine rings is 2. The van der Waals surface area contributed by atoms with E-state index in [1.807, 2.05) is 18.2 Å². The molecule has 0 saturated carbocycles. The second-order valence-electron chi connectivity index (χ2n) is 4.02. The molecule has 0 aromatic carbocycles. The van der Waals surface area contributed by atoms with E-state index in [4.69, 9.17) is 5.26 Å². The average Bonchev–Trinajstić information content (AvgIpc) is 2.46. The van der Waals surface area contributed by atoms with Crippen molar-refractivity contribution in [3.05, 3.63) is 53.0 Å². The Balaban J connectivity index is 2.26. The molecule has 5 nitrogen and oxygen atoms in total. The Morgan fingerprint density at radius 2 is 2.35 bits per heavy atom. The minimum absolute atomic E-state index is 0.0488. The standard InChI is InChI=1S/C14H11N3O2S/c1-9-12(14(18)19)5-11(6-15)13(17-9)20-8-10-3-2-4-16-7-10/h2-5,7H,8H2,1H3,(H,18,19)/p-1. The second-order valence-corrected chi connectivity index (χ2v) is 4.99. The number of thioether (sulfide) groups is 1. The van der Waals surface area contributed by atoms with Crippen LogP contribution >= 0.6 is 11.8 Å². The quantitative estimate of drug-likeness (QED) is 0.786. The number of hydrogen-bond donors (Lipinski definition) is 0. The molecule has 0 unspecified atom stereocenters.